The summed E-state index contributed by atoms with van der Waals surface area (Å²) >= 11 is 0. The van der Waals surface area contributed by atoms with Gasteiger partial charge in [-0.15, -0.1) is 0 Å². The molecule has 0 aromatic rings. The Hall–Kier alpha value is -0.680. The lowest BCUT2D eigenvalue weighted by atomic mass is 10.8. The third-order valence-corrected chi connectivity index (χ3v) is 3.12. The first-order valence-corrected chi connectivity index (χ1v) is 5.66. The van der Waals surface area contributed by atoms with Crippen LogP contribution >= 0.6 is 21.6 Å². The van der Waals surface area contributed by atoms with Crippen molar-refractivity contribution in [2.75, 3.05) is 24.6 Å². The van der Waals surface area contributed by atoms with Gasteiger partial charge in [-0.1, -0.05) is 31.8 Å². The molecule has 6 nitrogen and oxygen atoms in total. The lowest BCUT2D eigenvalue weighted by molar-refractivity contribution is 1.12. The predicted molar refractivity (Wildman–Crippen MR) is 52.9 cm³/mol. The normalized spacial score (nSPS) is 8.33. The molecule has 0 radical (unpaired) electrons. The van der Waals surface area contributed by atoms with Crippen molar-refractivity contribution in [2.45, 2.75) is 0 Å². The SMILES string of the molecule is [N-]=[N+]=NCCSSCCN=[N+]=[N-]. The maximum Gasteiger partial charge on any atom is 0.0357 e. The molecule has 0 heterocycles. The van der Waals surface area contributed by atoms with E-state index in [0.717, 1.165) is 11.5 Å². The standard InChI is InChI=1S/C4H8N6S2/c5-9-7-1-3-11-12-4-2-8-10-6/h1-4H2. The van der Waals surface area contributed by atoms with Gasteiger partial charge in [0.15, 0.2) is 0 Å². The van der Waals surface area contributed by atoms with Crippen LogP contribution in [0.25, 0.3) is 20.9 Å². The third kappa shape index (κ3) is 9.32. The Bertz CT molecular complexity index is 172. The van der Waals surface area contributed by atoms with E-state index in [1.54, 1.807) is 21.6 Å². The van der Waals surface area contributed by atoms with Crippen molar-refractivity contribution >= 4 is 21.6 Å². The number of rotatable bonds is 7. The summed E-state index contributed by atoms with van der Waals surface area (Å²) < 4.78 is 0. The molecule has 0 amide bonds. The zero-order valence-electron chi connectivity index (χ0n) is 6.33. The van der Waals surface area contributed by atoms with Gasteiger partial charge in [-0.3, -0.25) is 0 Å². The summed E-state index contributed by atoms with van der Waals surface area (Å²) in [6, 6.07) is 0. The van der Waals surface area contributed by atoms with Crippen LogP contribution in [0.2, 0.25) is 0 Å². The fraction of sp³-hybridized carbons (Fsp3) is 1.00. The van der Waals surface area contributed by atoms with Crippen molar-refractivity contribution in [3.63, 3.8) is 0 Å². The Morgan fingerprint density at radius 3 is 1.67 bits per heavy atom. The quantitative estimate of drug-likeness (QED) is 0.209. The van der Waals surface area contributed by atoms with Gasteiger partial charge in [-0.2, -0.15) is 0 Å². The van der Waals surface area contributed by atoms with E-state index in [0.29, 0.717) is 13.1 Å². The monoisotopic (exact) mass is 204 g/mol. The lowest BCUT2D eigenvalue weighted by Crippen LogP contribution is -1.83. The van der Waals surface area contributed by atoms with Gasteiger partial charge >= 0.3 is 0 Å². The van der Waals surface area contributed by atoms with Crippen molar-refractivity contribution < 1.29 is 0 Å². The minimum Gasteiger partial charge on any atom is -0.0940 e. The van der Waals surface area contributed by atoms with Gasteiger partial charge in [0.05, 0.1) is 0 Å². The predicted octanol–water partition coefficient (Wildman–Crippen LogP) is 2.99. The highest BCUT2D eigenvalue weighted by molar-refractivity contribution is 8.76. The van der Waals surface area contributed by atoms with Crippen LogP contribution < -0.4 is 0 Å². The van der Waals surface area contributed by atoms with Crippen LogP contribution in [0.15, 0.2) is 10.2 Å². The summed E-state index contributed by atoms with van der Waals surface area (Å²) in [4.78, 5) is 5.24. The molecule has 0 rings (SSSR count). The molecule has 12 heavy (non-hydrogen) atoms. The van der Waals surface area contributed by atoms with Gasteiger partial charge in [0.1, 0.15) is 0 Å². The fourth-order valence-electron chi connectivity index (χ4n) is 0.363. The minimum absolute atomic E-state index is 0.510. The first kappa shape index (κ1) is 11.3. The maximum atomic E-state index is 7.93. The maximum absolute atomic E-state index is 7.93. The molecule has 0 aromatic carbocycles. The van der Waals surface area contributed by atoms with Crippen molar-refractivity contribution in [2.24, 2.45) is 10.2 Å². The van der Waals surface area contributed by atoms with Crippen LogP contribution in [0.4, 0.5) is 0 Å². The average Bonchev–Trinajstić information content (AvgIpc) is 2.10. The zero-order valence-corrected chi connectivity index (χ0v) is 7.96. The van der Waals surface area contributed by atoms with Crippen LogP contribution in [0.3, 0.4) is 0 Å². The largest absolute Gasteiger partial charge is 0.0940 e. The molecule has 0 atom stereocenters. The number of hydrogen-bond donors (Lipinski definition) is 0. The summed E-state index contributed by atoms with van der Waals surface area (Å²) in [5.41, 5.74) is 15.9. The summed E-state index contributed by atoms with van der Waals surface area (Å²) in [5, 5.41) is 6.74. The topological polar surface area (TPSA) is 97.5 Å². The highest BCUT2D eigenvalue weighted by atomic mass is 33.1. The van der Waals surface area contributed by atoms with Gasteiger partial charge < -0.3 is 0 Å². The third-order valence-electron chi connectivity index (χ3n) is 0.759. The summed E-state index contributed by atoms with van der Waals surface area (Å²) in [7, 11) is 3.22. The molecule has 0 unspecified atom stereocenters. The Balaban J connectivity index is 3.00. The van der Waals surface area contributed by atoms with Crippen molar-refractivity contribution in [3.8, 4) is 0 Å². The van der Waals surface area contributed by atoms with Crippen LogP contribution in [-0.4, -0.2) is 24.6 Å². The van der Waals surface area contributed by atoms with Crippen LogP contribution in [0, 0.1) is 0 Å². The van der Waals surface area contributed by atoms with Gasteiger partial charge in [0.25, 0.3) is 0 Å². The first-order chi connectivity index (χ1) is 5.91. The van der Waals surface area contributed by atoms with Crippen molar-refractivity contribution in [3.05, 3.63) is 20.9 Å². The fourth-order valence-corrected chi connectivity index (χ4v) is 2.07. The number of azide groups is 2. The Morgan fingerprint density at radius 1 is 0.917 bits per heavy atom. The molecule has 0 aliphatic heterocycles. The molecular weight excluding hydrogens is 196 g/mol. The summed E-state index contributed by atoms with van der Waals surface area (Å²) in [5.74, 6) is 1.59. The second-order valence-corrected chi connectivity index (χ2v) is 4.26. The van der Waals surface area contributed by atoms with E-state index in [4.69, 9.17) is 11.1 Å². The second-order valence-electron chi connectivity index (χ2n) is 1.55. The van der Waals surface area contributed by atoms with Crippen molar-refractivity contribution in [1.82, 2.24) is 0 Å². The van der Waals surface area contributed by atoms with Gasteiger partial charge in [0, 0.05) is 34.4 Å². The zero-order chi connectivity index (χ0) is 9.07. The highest BCUT2D eigenvalue weighted by Gasteiger charge is 1.87. The smallest absolute Gasteiger partial charge is 0.0357 e. The molecule has 0 aliphatic carbocycles. The van der Waals surface area contributed by atoms with Crippen LogP contribution in [0.5, 0.6) is 0 Å². The summed E-state index contributed by atoms with van der Waals surface area (Å²) in [6.07, 6.45) is 0. The molecular formula is C4H8N6S2. The average molecular weight is 204 g/mol. The van der Waals surface area contributed by atoms with Crippen molar-refractivity contribution in [1.29, 1.82) is 0 Å². The number of hydrogen-bond acceptors (Lipinski definition) is 4. The number of nitrogens with zero attached hydrogens (tertiary/aromatic N) is 6. The second kappa shape index (κ2) is 10.3. The first-order valence-electron chi connectivity index (χ1n) is 3.18. The molecule has 0 aromatic heterocycles. The van der Waals surface area contributed by atoms with E-state index in [1.807, 2.05) is 0 Å². The molecule has 0 fully saturated rings. The molecule has 0 aliphatic rings. The van der Waals surface area contributed by atoms with Crippen LogP contribution in [-0.2, 0) is 0 Å². The van der Waals surface area contributed by atoms with Gasteiger partial charge in [0.2, 0.25) is 0 Å². The van der Waals surface area contributed by atoms with E-state index in [-0.39, 0.29) is 0 Å². The molecule has 0 saturated heterocycles. The molecule has 8 heteroatoms. The van der Waals surface area contributed by atoms with E-state index in [1.165, 1.54) is 0 Å². The highest BCUT2D eigenvalue weighted by Crippen LogP contribution is 2.19. The van der Waals surface area contributed by atoms with E-state index in [2.05, 4.69) is 20.1 Å². The molecule has 0 bridgehead atoms. The Labute approximate surface area is 77.7 Å². The van der Waals surface area contributed by atoms with Gasteiger partial charge in [-0.25, -0.2) is 0 Å². The Morgan fingerprint density at radius 2 is 1.33 bits per heavy atom. The minimum atomic E-state index is 0.510. The molecule has 0 saturated carbocycles. The molecule has 0 spiro atoms. The van der Waals surface area contributed by atoms with E-state index < -0.39 is 0 Å². The lowest BCUT2D eigenvalue weighted by Gasteiger charge is -1.93. The molecule has 66 valence electrons. The van der Waals surface area contributed by atoms with E-state index in [9.17, 15) is 0 Å². The summed E-state index contributed by atoms with van der Waals surface area (Å²) in [6.45, 7) is 1.02. The van der Waals surface area contributed by atoms with Crippen LogP contribution in [0.1, 0.15) is 0 Å². The molecule has 0 N–H and O–H groups in total. The van der Waals surface area contributed by atoms with Gasteiger partial charge in [-0.05, 0) is 11.1 Å². The Kier molecular flexibility index (Phi) is 9.74. The van der Waals surface area contributed by atoms with E-state index >= 15 is 0 Å².